The van der Waals surface area contributed by atoms with Crippen LogP contribution in [0.1, 0.15) is 31.2 Å². The van der Waals surface area contributed by atoms with Gasteiger partial charge < -0.3 is 19.2 Å². The lowest BCUT2D eigenvalue weighted by atomic mass is 10.1. The van der Waals surface area contributed by atoms with E-state index in [4.69, 9.17) is 14.2 Å². The van der Waals surface area contributed by atoms with E-state index in [9.17, 15) is 13.2 Å². The van der Waals surface area contributed by atoms with Gasteiger partial charge in [-0.3, -0.25) is 4.79 Å². The molecule has 1 saturated carbocycles. The highest BCUT2D eigenvalue weighted by Gasteiger charge is 2.34. The van der Waals surface area contributed by atoms with Crippen molar-refractivity contribution in [3.8, 4) is 17.2 Å². The predicted molar refractivity (Wildman–Crippen MR) is 124 cm³/mol. The molecule has 8 nitrogen and oxygen atoms in total. The molecule has 0 atom stereocenters. The van der Waals surface area contributed by atoms with E-state index in [-0.39, 0.29) is 23.0 Å². The smallest absolute Gasteiger partial charge is 0.252 e. The SMILES string of the molecule is COc1ccc2[nH]c(=O)c(CN(C3CCCC3)S(=O)(=O)c3ccc4c(c3)OCCO4)cc2c1. The molecule has 9 heteroatoms. The zero-order valence-electron chi connectivity index (χ0n) is 18.4. The van der Waals surface area contributed by atoms with Gasteiger partial charge in [-0.25, -0.2) is 8.42 Å². The van der Waals surface area contributed by atoms with Crippen LogP contribution in [0.15, 0.2) is 52.2 Å². The summed E-state index contributed by atoms with van der Waals surface area (Å²) in [5, 5.41) is 0.784. The third kappa shape index (κ3) is 4.18. The Bertz CT molecular complexity index is 1340. The molecule has 0 radical (unpaired) electrons. The van der Waals surface area contributed by atoms with Crippen LogP contribution in [0, 0.1) is 0 Å². The molecule has 1 fully saturated rings. The van der Waals surface area contributed by atoms with Crippen LogP contribution < -0.4 is 19.8 Å². The first kappa shape index (κ1) is 21.8. The standard InChI is InChI=1S/C24H26N2O6S/c1-30-19-6-8-21-16(13-19)12-17(24(27)25-21)15-26(18-4-2-3-5-18)33(28,29)20-7-9-22-23(14-20)32-11-10-31-22/h6-9,12-14,18H,2-5,10-11,15H2,1H3,(H,25,27). The number of methoxy groups -OCH3 is 1. The van der Waals surface area contributed by atoms with Crippen molar-refractivity contribution in [2.24, 2.45) is 0 Å². The van der Waals surface area contributed by atoms with Crippen LogP contribution in [0.2, 0.25) is 0 Å². The number of nitrogens with zero attached hydrogens (tertiary/aromatic N) is 1. The van der Waals surface area contributed by atoms with Crippen molar-refractivity contribution in [1.82, 2.24) is 9.29 Å². The number of rotatable bonds is 6. The molecule has 174 valence electrons. The van der Waals surface area contributed by atoms with Gasteiger partial charge in [-0.05, 0) is 49.2 Å². The zero-order valence-corrected chi connectivity index (χ0v) is 19.2. The van der Waals surface area contributed by atoms with Gasteiger partial charge in [-0.15, -0.1) is 0 Å². The van der Waals surface area contributed by atoms with Gasteiger partial charge in [0, 0.05) is 35.1 Å². The topological polar surface area (TPSA) is 97.9 Å². The first-order chi connectivity index (χ1) is 16.0. The summed E-state index contributed by atoms with van der Waals surface area (Å²) in [4.78, 5) is 15.9. The second-order valence-electron chi connectivity index (χ2n) is 8.37. The molecule has 0 bridgehead atoms. The lowest BCUT2D eigenvalue weighted by molar-refractivity contribution is 0.171. The van der Waals surface area contributed by atoms with E-state index in [2.05, 4.69) is 4.98 Å². The average molecular weight is 471 g/mol. The number of sulfonamides is 1. The minimum Gasteiger partial charge on any atom is -0.497 e. The summed E-state index contributed by atoms with van der Waals surface area (Å²) in [5.41, 5.74) is 0.767. The predicted octanol–water partition coefficient (Wildman–Crippen LogP) is 3.44. The Balaban J connectivity index is 1.55. The molecule has 2 aromatic carbocycles. The molecule has 1 aromatic heterocycles. The molecule has 1 N–H and O–H groups in total. The van der Waals surface area contributed by atoms with Gasteiger partial charge >= 0.3 is 0 Å². The van der Waals surface area contributed by atoms with Gasteiger partial charge in [0.1, 0.15) is 19.0 Å². The zero-order chi connectivity index (χ0) is 23.0. The second kappa shape index (κ2) is 8.72. The Labute approximate surface area is 192 Å². The van der Waals surface area contributed by atoms with Crippen LogP contribution in [0.4, 0.5) is 0 Å². The highest BCUT2D eigenvalue weighted by atomic mass is 32.2. The molecule has 0 saturated heterocycles. The molecule has 2 heterocycles. The third-order valence-electron chi connectivity index (χ3n) is 6.31. The summed E-state index contributed by atoms with van der Waals surface area (Å²) in [6, 6.07) is 11.6. The number of hydrogen-bond donors (Lipinski definition) is 1. The van der Waals surface area contributed by atoms with E-state index in [0.717, 1.165) is 31.1 Å². The maximum Gasteiger partial charge on any atom is 0.252 e. The third-order valence-corrected chi connectivity index (χ3v) is 8.20. The van der Waals surface area contributed by atoms with Crippen molar-refractivity contribution >= 4 is 20.9 Å². The molecule has 0 spiro atoms. The Morgan fingerprint density at radius 1 is 1.03 bits per heavy atom. The fourth-order valence-corrected chi connectivity index (χ4v) is 6.24. The summed E-state index contributed by atoms with van der Waals surface area (Å²) in [6.45, 7) is 0.797. The Morgan fingerprint density at radius 3 is 2.55 bits per heavy atom. The van der Waals surface area contributed by atoms with Crippen LogP contribution in [0.3, 0.4) is 0 Å². The largest absolute Gasteiger partial charge is 0.497 e. The van der Waals surface area contributed by atoms with Crippen molar-refractivity contribution < 1.29 is 22.6 Å². The second-order valence-corrected chi connectivity index (χ2v) is 10.3. The summed E-state index contributed by atoms with van der Waals surface area (Å²) in [5.74, 6) is 1.62. The van der Waals surface area contributed by atoms with Crippen molar-refractivity contribution in [2.75, 3.05) is 20.3 Å². The van der Waals surface area contributed by atoms with Crippen molar-refractivity contribution in [3.63, 3.8) is 0 Å². The molecule has 2 aliphatic rings. The van der Waals surface area contributed by atoms with Crippen LogP contribution in [-0.2, 0) is 16.6 Å². The van der Waals surface area contributed by atoms with Crippen LogP contribution >= 0.6 is 0 Å². The Kier molecular flexibility index (Phi) is 5.76. The lowest BCUT2D eigenvalue weighted by Crippen LogP contribution is -2.39. The number of fused-ring (bicyclic) bond motifs is 2. The minimum atomic E-state index is -3.88. The Hall–Kier alpha value is -3.04. The number of nitrogens with one attached hydrogen (secondary N) is 1. The molecule has 0 unspecified atom stereocenters. The van der Waals surface area contributed by atoms with E-state index >= 15 is 0 Å². The maximum atomic E-state index is 13.8. The van der Waals surface area contributed by atoms with Gasteiger partial charge in [0.25, 0.3) is 5.56 Å². The van der Waals surface area contributed by atoms with Gasteiger partial charge in [-0.1, -0.05) is 12.8 Å². The quantitative estimate of drug-likeness (QED) is 0.593. The first-order valence-corrected chi connectivity index (χ1v) is 12.5. The first-order valence-electron chi connectivity index (χ1n) is 11.1. The number of benzene rings is 2. The fraction of sp³-hybridized carbons (Fsp3) is 0.375. The van der Waals surface area contributed by atoms with Crippen molar-refractivity contribution in [2.45, 2.75) is 43.2 Å². The highest BCUT2D eigenvalue weighted by Crippen LogP contribution is 2.36. The van der Waals surface area contributed by atoms with E-state index in [1.165, 1.54) is 10.4 Å². The molecule has 1 aliphatic heterocycles. The number of pyridine rings is 1. The van der Waals surface area contributed by atoms with E-state index in [1.807, 2.05) is 6.07 Å². The number of aromatic amines is 1. The molecule has 3 aromatic rings. The van der Waals surface area contributed by atoms with Gasteiger partial charge in [0.2, 0.25) is 10.0 Å². The summed E-state index contributed by atoms with van der Waals surface area (Å²) < 4.78 is 45.5. The van der Waals surface area contributed by atoms with Gasteiger partial charge in [-0.2, -0.15) is 4.31 Å². The normalized spacial score (nSPS) is 16.4. The maximum absolute atomic E-state index is 13.8. The molecule has 33 heavy (non-hydrogen) atoms. The average Bonchev–Trinajstić information content (AvgIpc) is 3.36. The minimum absolute atomic E-state index is 0.01000. The van der Waals surface area contributed by atoms with Gasteiger partial charge in [0.05, 0.1) is 12.0 Å². The van der Waals surface area contributed by atoms with Crippen molar-refractivity contribution in [3.05, 3.63) is 58.4 Å². The molecule has 5 rings (SSSR count). The molecule has 0 amide bonds. The lowest BCUT2D eigenvalue weighted by Gasteiger charge is -2.28. The fourth-order valence-electron chi connectivity index (χ4n) is 4.56. The van der Waals surface area contributed by atoms with Gasteiger partial charge in [0.15, 0.2) is 11.5 Å². The van der Waals surface area contributed by atoms with E-state index in [1.54, 1.807) is 37.4 Å². The molecule has 1 aliphatic carbocycles. The molecular formula is C24H26N2O6S. The number of hydrogen-bond acceptors (Lipinski definition) is 6. The van der Waals surface area contributed by atoms with Crippen LogP contribution in [0.5, 0.6) is 17.2 Å². The number of aromatic nitrogens is 1. The van der Waals surface area contributed by atoms with Crippen LogP contribution in [-0.4, -0.2) is 44.1 Å². The highest BCUT2D eigenvalue weighted by molar-refractivity contribution is 7.89. The summed E-state index contributed by atoms with van der Waals surface area (Å²) in [6.07, 6.45) is 3.46. The summed E-state index contributed by atoms with van der Waals surface area (Å²) >= 11 is 0. The molecular weight excluding hydrogens is 444 g/mol. The van der Waals surface area contributed by atoms with Crippen LogP contribution in [0.25, 0.3) is 10.9 Å². The van der Waals surface area contributed by atoms with Crippen molar-refractivity contribution in [1.29, 1.82) is 0 Å². The monoisotopic (exact) mass is 470 g/mol. The number of H-pyrrole nitrogens is 1. The Morgan fingerprint density at radius 2 is 1.79 bits per heavy atom. The van der Waals surface area contributed by atoms with E-state index < -0.39 is 10.0 Å². The number of ether oxygens (including phenoxy) is 3. The summed E-state index contributed by atoms with van der Waals surface area (Å²) in [7, 11) is -2.30. The van der Waals surface area contributed by atoms with E-state index in [0.29, 0.717) is 41.5 Å².